The average Bonchev–Trinajstić information content (AvgIpc) is 2.46. The zero-order valence-electron chi connectivity index (χ0n) is 10.1. The lowest BCUT2D eigenvalue weighted by atomic mass is 10.1. The Morgan fingerprint density at radius 1 is 1.39 bits per heavy atom. The monoisotopic (exact) mass is 247 g/mol. The molecule has 0 aliphatic carbocycles. The lowest BCUT2D eigenvalue weighted by Crippen LogP contribution is -2.32. The van der Waals surface area contributed by atoms with Crippen molar-refractivity contribution in [2.45, 2.75) is 18.9 Å². The number of rotatable bonds is 4. The number of amides is 1. The highest BCUT2D eigenvalue weighted by Crippen LogP contribution is 2.16. The minimum absolute atomic E-state index is 0.121. The molecule has 0 fully saturated rings. The molecule has 1 amide bonds. The van der Waals surface area contributed by atoms with E-state index in [4.69, 9.17) is 4.74 Å². The van der Waals surface area contributed by atoms with Crippen molar-refractivity contribution in [3.63, 3.8) is 0 Å². The van der Waals surface area contributed by atoms with Crippen molar-refractivity contribution in [2.24, 2.45) is 0 Å². The van der Waals surface area contributed by atoms with Gasteiger partial charge in [0.25, 0.3) is 5.91 Å². The van der Waals surface area contributed by atoms with Crippen LogP contribution >= 0.6 is 0 Å². The van der Waals surface area contributed by atoms with Gasteiger partial charge in [0.1, 0.15) is 0 Å². The topological polar surface area (TPSA) is 58.6 Å². The number of ether oxygens (including phenoxy) is 1. The summed E-state index contributed by atoms with van der Waals surface area (Å²) < 4.78 is 5.14. The largest absolute Gasteiger partial charge is 0.501 e. The van der Waals surface area contributed by atoms with Crippen LogP contribution in [0.5, 0.6) is 0 Å². The van der Waals surface area contributed by atoms with E-state index in [1.54, 1.807) is 0 Å². The molecule has 4 heteroatoms. The average molecular weight is 247 g/mol. The number of aliphatic hydroxyl groups is 1. The summed E-state index contributed by atoms with van der Waals surface area (Å²) in [5, 5.41) is 12.2. The van der Waals surface area contributed by atoms with Crippen molar-refractivity contribution in [3.05, 3.63) is 47.7 Å². The van der Waals surface area contributed by atoms with Crippen molar-refractivity contribution in [3.8, 4) is 0 Å². The molecule has 1 atom stereocenters. The maximum Gasteiger partial charge on any atom is 0.250 e. The number of benzene rings is 1. The van der Waals surface area contributed by atoms with Crippen molar-refractivity contribution in [2.75, 3.05) is 13.2 Å². The fourth-order valence-corrected chi connectivity index (χ4v) is 1.90. The molecule has 0 saturated heterocycles. The van der Waals surface area contributed by atoms with Crippen LogP contribution in [0.3, 0.4) is 0 Å². The first-order valence-electron chi connectivity index (χ1n) is 6.08. The molecular formula is C14H17NO3. The molecule has 1 aromatic carbocycles. The van der Waals surface area contributed by atoms with E-state index in [2.05, 4.69) is 5.32 Å². The second kappa shape index (κ2) is 6.21. The van der Waals surface area contributed by atoms with E-state index < -0.39 is 0 Å². The maximum atomic E-state index is 12.0. The zero-order valence-corrected chi connectivity index (χ0v) is 10.1. The molecule has 1 aliphatic rings. The Balaban J connectivity index is 2.02. The van der Waals surface area contributed by atoms with Crippen molar-refractivity contribution < 1.29 is 14.6 Å². The molecular weight excluding hydrogens is 230 g/mol. The molecule has 0 radical (unpaired) electrons. The van der Waals surface area contributed by atoms with E-state index in [1.807, 2.05) is 30.3 Å². The molecule has 2 N–H and O–H groups in total. The summed E-state index contributed by atoms with van der Waals surface area (Å²) in [5.41, 5.74) is 1.53. The van der Waals surface area contributed by atoms with Crippen LogP contribution in [-0.4, -0.2) is 24.2 Å². The van der Waals surface area contributed by atoms with Gasteiger partial charge in [-0.2, -0.15) is 0 Å². The predicted molar refractivity (Wildman–Crippen MR) is 67.7 cm³/mol. The standard InChI is InChI=1S/C14H17NO3/c16-9-13(11-5-2-1-3-6-11)15-14(17)12-7-4-8-18-10-12/h1-3,5-6,10,13,16H,4,7-9H2,(H,15,17). The van der Waals surface area contributed by atoms with Gasteiger partial charge in [0.15, 0.2) is 0 Å². The first kappa shape index (κ1) is 12.6. The summed E-state index contributed by atoms with van der Waals surface area (Å²) in [6.07, 6.45) is 3.09. The number of carbonyl (C=O) groups excluding carboxylic acids is 1. The van der Waals surface area contributed by atoms with Gasteiger partial charge in [-0.15, -0.1) is 0 Å². The predicted octanol–water partition coefficient (Wildman–Crippen LogP) is 1.53. The van der Waals surface area contributed by atoms with Crippen LogP contribution in [0.25, 0.3) is 0 Å². The number of aliphatic hydroxyl groups excluding tert-OH is 1. The lowest BCUT2D eigenvalue weighted by Gasteiger charge is -2.19. The van der Waals surface area contributed by atoms with Gasteiger partial charge in [0.2, 0.25) is 0 Å². The number of carbonyl (C=O) groups is 1. The third-order valence-corrected chi connectivity index (χ3v) is 2.92. The minimum atomic E-state index is -0.374. The first-order chi connectivity index (χ1) is 8.81. The van der Waals surface area contributed by atoms with Crippen molar-refractivity contribution in [1.82, 2.24) is 5.32 Å². The Bertz CT molecular complexity index is 428. The molecule has 1 unspecified atom stereocenters. The third-order valence-electron chi connectivity index (χ3n) is 2.92. The van der Waals surface area contributed by atoms with Gasteiger partial charge in [-0.1, -0.05) is 30.3 Å². The van der Waals surface area contributed by atoms with E-state index >= 15 is 0 Å². The Hall–Kier alpha value is -1.81. The number of hydrogen-bond donors (Lipinski definition) is 2. The number of hydrogen-bond acceptors (Lipinski definition) is 3. The minimum Gasteiger partial charge on any atom is -0.501 e. The summed E-state index contributed by atoms with van der Waals surface area (Å²) in [6.45, 7) is 0.544. The molecule has 2 rings (SSSR count). The van der Waals surface area contributed by atoms with Crippen LogP contribution in [0.4, 0.5) is 0 Å². The van der Waals surface area contributed by atoms with Gasteiger partial charge in [0.05, 0.1) is 31.1 Å². The van der Waals surface area contributed by atoms with Gasteiger partial charge >= 0.3 is 0 Å². The molecule has 18 heavy (non-hydrogen) atoms. The second-order valence-corrected chi connectivity index (χ2v) is 4.24. The Kier molecular flexibility index (Phi) is 4.36. The summed E-state index contributed by atoms with van der Waals surface area (Å²) in [5.74, 6) is -0.169. The molecule has 1 aliphatic heterocycles. The van der Waals surface area contributed by atoms with Crippen molar-refractivity contribution in [1.29, 1.82) is 0 Å². The SMILES string of the molecule is O=C(NC(CO)c1ccccc1)C1=COCCC1. The summed E-state index contributed by atoms with van der Waals surface area (Å²) in [6, 6.07) is 9.05. The Morgan fingerprint density at radius 3 is 2.78 bits per heavy atom. The molecule has 96 valence electrons. The van der Waals surface area contributed by atoms with Crippen LogP contribution in [0.2, 0.25) is 0 Å². The smallest absolute Gasteiger partial charge is 0.250 e. The molecule has 0 aromatic heterocycles. The van der Waals surface area contributed by atoms with Gasteiger partial charge in [-0.25, -0.2) is 0 Å². The van der Waals surface area contributed by atoms with Crippen molar-refractivity contribution >= 4 is 5.91 Å². The first-order valence-corrected chi connectivity index (χ1v) is 6.08. The van der Waals surface area contributed by atoms with Crippen LogP contribution in [-0.2, 0) is 9.53 Å². The molecule has 1 heterocycles. The highest BCUT2D eigenvalue weighted by molar-refractivity contribution is 5.93. The summed E-state index contributed by atoms with van der Waals surface area (Å²) in [4.78, 5) is 12.0. The van der Waals surface area contributed by atoms with Gasteiger partial charge in [-0.3, -0.25) is 4.79 Å². The van der Waals surface area contributed by atoms with E-state index in [1.165, 1.54) is 6.26 Å². The Morgan fingerprint density at radius 2 is 2.17 bits per heavy atom. The van der Waals surface area contributed by atoms with Gasteiger partial charge in [0, 0.05) is 0 Å². The molecule has 4 nitrogen and oxygen atoms in total. The van der Waals surface area contributed by atoms with E-state index in [0.29, 0.717) is 12.2 Å². The van der Waals surface area contributed by atoms with Crippen LogP contribution in [0, 0.1) is 0 Å². The number of nitrogens with one attached hydrogen (secondary N) is 1. The van der Waals surface area contributed by atoms with Crippen LogP contribution < -0.4 is 5.32 Å². The highest BCUT2D eigenvalue weighted by atomic mass is 16.5. The molecule has 1 aromatic rings. The molecule has 0 saturated carbocycles. The molecule has 0 bridgehead atoms. The van der Waals surface area contributed by atoms with Gasteiger partial charge in [-0.05, 0) is 18.4 Å². The Labute approximate surface area is 106 Å². The normalized spacial score (nSPS) is 16.4. The zero-order chi connectivity index (χ0) is 12.8. The van der Waals surface area contributed by atoms with E-state index in [9.17, 15) is 9.90 Å². The van der Waals surface area contributed by atoms with E-state index in [-0.39, 0.29) is 18.6 Å². The third kappa shape index (κ3) is 3.11. The van der Waals surface area contributed by atoms with Gasteiger partial charge < -0.3 is 15.2 Å². The summed E-state index contributed by atoms with van der Waals surface area (Å²) in [7, 11) is 0. The lowest BCUT2D eigenvalue weighted by molar-refractivity contribution is -0.119. The quantitative estimate of drug-likeness (QED) is 0.848. The van der Waals surface area contributed by atoms with Crippen LogP contribution in [0.1, 0.15) is 24.4 Å². The highest BCUT2D eigenvalue weighted by Gasteiger charge is 2.18. The fourth-order valence-electron chi connectivity index (χ4n) is 1.90. The van der Waals surface area contributed by atoms with E-state index in [0.717, 1.165) is 18.4 Å². The maximum absolute atomic E-state index is 12.0. The van der Waals surface area contributed by atoms with Crippen LogP contribution in [0.15, 0.2) is 42.2 Å². The second-order valence-electron chi connectivity index (χ2n) is 4.24. The summed E-state index contributed by atoms with van der Waals surface area (Å²) >= 11 is 0. The molecule has 0 spiro atoms. The fraction of sp³-hybridized carbons (Fsp3) is 0.357.